The fourth-order valence-corrected chi connectivity index (χ4v) is 2.92. The molecule has 2 nitrogen and oxygen atoms in total. The zero-order chi connectivity index (χ0) is 11.7. The Balaban J connectivity index is 1.47. The number of hydrogen-bond acceptors (Lipinski definition) is 2. The summed E-state index contributed by atoms with van der Waals surface area (Å²) in [6, 6.07) is 9.24. The van der Waals surface area contributed by atoms with Gasteiger partial charge < -0.3 is 4.74 Å². The number of benzene rings is 1. The molecule has 0 unspecified atom stereocenters. The van der Waals surface area contributed by atoms with Gasteiger partial charge in [0.25, 0.3) is 0 Å². The highest BCUT2D eigenvalue weighted by atomic mass is 16.5. The van der Waals surface area contributed by atoms with E-state index in [-0.39, 0.29) is 0 Å². The molecule has 1 aromatic rings. The first-order chi connectivity index (χ1) is 8.31. The Labute approximate surface area is 104 Å². The number of ether oxygens (including phenoxy) is 1. The minimum atomic E-state index is 0.415. The van der Waals surface area contributed by atoms with Gasteiger partial charge in [0.1, 0.15) is 11.9 Å². The van der Waals surface area contributed by atoms with Crippen LogP contribution in [0.15, 0.2) is 24.3 Å². The lowest BCUT2D eigenvalue weighted by Crippen LogP contribution is -2.57. The molecule has 0 N–H and O–H groups in total. The lowest BCUT2D eigenvalue weighted by molar-refractivity contribution is -0.00736. The van der Waals surface area contributed by atoms with Crippen molar-refractivity contribution in [3.8, 4) is 5.75 Å². The molecule has 0 aromatic heterocycles. The highest BCUT2D eigenvalue weighted by molar-refractivity contribution is 5.26. The van der Waals surface area contributed by atoms with E-state index < -0.39 is 0 Å². The largest absolute Gasteiger partial charge is 0.488 e. The third-order valence-electron chi connectivity index (χ3n) is 4.04. The number of hydrogen-bond donors (Lipinski definition) is 0. The molecule has 0 atom stereocenters. The minimum Gasteiger partial charge on any atom is -0.488 e. The van der Waals surface area contributed by atoms with Crippen LogP contribution in [-0.2, 0) is 0 Å². The third kappa shape index (κ3) is 2.47. The number of likely N-dealkylation sites (tertiary alicyclic amines) is 1. The van der Waals surface area contributed by atoms with Crippen molar-refractivity contribution >= 4 is 0 Å². The van der Waals surface area contributed by atoms with E-state index >= 15 is 0 Å². The predicted octanol–water partition coefficient (Wildman–Crippen LogP) is 3.00. The van der Waals surface area contributed by atoms with Gasteiger partial charge in [0.05, 0.1) is 0 Å². The smallest absolute Gasteiger partial charge is 0.124 e. The lowest BCUT2D eigenvalue weighted by atomic mass is 10.1. The van der Waals surface area contributed by atoms with E-state index in [1.54, 1.807) is 0 Å². The fraction of sp³-hybridized carbons (Fsp3) is 0.600. The maximum atomic E-state index is 5.95. The van der Waals surface area contributed by atoms with E-state index in [9.17, 15) is 0 Å². The summed E-state index contributed by atoms with van der Waals surface area (Å²) in [5, 5.41) is 0. The number of rotatable bonds is 3. The van der Waals surface area contributed by atoms with Crippen LogP contribution in [0.3, 0.4) is 0 Å². The zero-order valence-electron chi connectivity index (χ0n) is 10.6. The Morgan fingerprint density at radius 3 is 2.35 bits per heavy atom. The van der Waals surface area contributed by atoms with E-state index in [1.165, 1.54) is 31.2 Å². The second kappa shape index (κ2) is 4.69. The molecule has 1 aliphatic carbocycles. The van der Waals surface area contributed by atoms with Gasteiger partial charge in [-0.15, -0.1) is 0 Å². The van der Waals surface area contributed by atoms with Crippen LogP contribution in [0, 0.1) is 6.92 Å². The molecule has 3 rings (SSSR count). The van der Waals surface area contributed by atoms with E-state index in [2.05, 4.69) is 36.1 Å². The summed E-state index contributed by atoms with van der Waals surface area (Å²) >= 11 is 0. The Hall–Kier alpha value is -1.02. The van der Waals surface area contributed by atoms with Crippen LogP contribution < -0.4 is 4.74 Å². The minimum absolute atomic E-state index is 0.415. The summed E-state index contributed by atoms with van der Waals surface area (Å²) in [6.45, 7) is 4.35. The summed E-state index contributed by atoms with van der Waals surface area (Å²) < 4.78 is 5.95. The van der Waals surface area contributed by atoms with Gasteiger partial charge in [-0.3, -0.25) is 4.90 Å². The molecular formula is C15H21NO. The molecule has 1 saturated heterocycles. The van der Waals surface area contributed by atoms with Crippen LogP contribution in [0.25, 0.3) is 0 Å². The maximum absolute atomic E-state index is 5.95. The summed E-state index contributed by atoms with van der Waals surface area (Å²) in [4.78, 5) is 2.59. The maximum Gasteiger partial charge on any atom is 0.124 e. The SMILES string of the molecule is Cc1ccc(OC2CN(C3CCCC3)C2)cc1. The van der Waals surface area contributed by atoms with E-state index in [1.807, 2.05) is 0 Å². The van der Waals surface area contributed by atoms with Crippen molar-refractivity contribution in [1.82, 2.24) is 4.90 Å². The van der Waals surface area contributed by atoms with Crippen LogP contribution in [-0.4, -0.2) is 30.1 Å². The molecule has 2 fully saturated rings. The average Bonchev–Trinajstić information content (AvgIpc) is 2.78. The van der Waals surface area contributed by atoms with E-state index in [4.69, 9.17) is 4.74 Å². The van der Waals surface area contributed by atoms with Gasteiger partial charge in [-0.1, -0.05) is 30.5 Å². The molecule has 1 aliphatic heterocycles. The monoisotopic (exact) mass is 231 g/mol. The van der Waals surface area contributed by atoms with Gasteiger partial charge >= 0.3 is 0 Å². The lowest BCUT2D eigenvalue weighted by Gasteiger charge is -2.42. The van der Waals surface area contributed by atoms with Gasteiger partial charge in [0.2, 0.25) is 0 Å². The van der Waals surface area contributed by atoms with Crippen molar-refractivity contribution in [3.05, 3.63) is 29.8 Å². The number of nitrogens with zero attached hydrogens (tertiary/aromatic N) is 1. The number of aryl methyl sites for hydroxylation is 1. The summed E-state index contributed by atoms with van der Waals surface area (Å²) in [7, 11) is 0. The van der Waals surface area contributed by atoms with E-state index in [0.29, 0.717) is 6.10 Å². The molecule has 17 heavy (non-hydrogen) atoms. The van der Waals surface area contributed by atoms with Crippen molar-refractivity contribution in [3.63, 3.8) is 0 Å². The second-order valence-electron chi connectivity index (χ2n) is 5.45. The quantitative estimate of drug-likeness (QED) is 0.793. The Morgan fingerprint density at radius 2 is 1.71 bits per heavy atom. The average molecular weight is 231 g/mol. The molecule has 1 heterocycles. The fourth-order valence-electron chi connectivity index (χ4n) is 2.92. The van der Waals surface area contributed by atoms with Crippen molar-refractivity contribution < 1.29 is 4.74 Å². The van der Waals surface area contributed by atoms with Crippen molar-refractivity contribution in [2.45, 2.75) is 44.8 Å². The highest BCUT2D eigenvalue weighted by Gasteiger charge is 2.34. The van der Waals surface area contributed by atoms with Gasteiger partial charge in [-0.25, -0.2) is 0 Å². The predicted molar refractivity (Wildman–Crippen MR) is 69.4 cm³/mol. The third-order valence-corrected chi connectivity index (χ3v) is 4.04. The van der Waals surface area contributed by atoms with Crippen LogP contribution in [0.2, 0.25) is 0 Å². The molecule has 2 heteroatoms. The van der Waals surface area contributed by atoms with Crippen LogP contribution in [0.1, 0.15) is 31.2 Å². The molecule has 1 aromatic carbocycles. The normalized spacial score (nSPS) is 22.6. The Morgan fingerprint density at radius 1 is 1.06 bits per heavy atom. The van der Waals surface area contributed by atoms with Crippen molar-refractivity contribution in [1.29, 1.82) is 0 Å². The molecule has 2 aliphatic rings. The van der Waals surface area contributed by atoms with Gasteiger partial charge in [-0.05, 0) is 31.9 Å². The molecule has 0 radical (unpaired) electrons. The molecule has 92 valence electrons. The van der Waals surface area contributed by atoms with Crippen LogP contribution in [0.4, 0.5) is 0 Å². The Bertz CT molecular complexity index is 361. The first-order valence-electron chi connectivity index (χ1n) is 6.78. The molecule has 0 amide bonds. The Kier molecular flexibility index (Phi) is 3.06. The first-order valence-corrected chi connectivity index (χ1v) is 6.78. The van der Waals surface area contributed by atoms with Crippen LogP contribution >= 0.6 is 0 Å². The molecule has 0 spiro atoms. The van der Waals surface area contributed by atoms with Crippen LogP contribution in [0.5, 0.6) is 5.75 Å². The standard InChI is InChI=1S/C15H21NO/c1-12-6-8-14(9-7-12)17-15-10-16(11-15)13-4-2-3-5-13/h6-9,13,15H,2-5,10-11H2,1H3. The molecular weight excluding hydrogens is 210 g/mol. The topological polar surface area (TPSA) is 12.5 Å². The van der Waals surface area contributed by atoms with Gasteiger partial charge in [-0.2, -0.15) is 0 Å². The van der Waals surface area contributed by atoms with Crippen molar-refractivity contribution in [2.24, 2.45) is 0 Å². The summed E-state index contributed by atoms with van der Waals surface area (Å²) in [6.07, 6.45) is 6.06. The van der Waals surface area contributed by atoms with Crippen molar-refractivity contribution in [2.75, 3.05) is 13.1 Å². The van der Waals surface area contributed by atoms with E-state index in [0.717, 1.165) is 24.9 Å². The highest BCUT2D eigenvalue weighted by Crippen LogP contribution is 2.28. The summed E-state index contributed by atoms with van der Waals surface area (Å²) in [5.74, 6) is 1.02. The molecule has 1 saturated carbocycles. The van der Waals surface area contributed by atoms with Gasteiger partial charge in [0.15, 0.2) is 0 Å². The van der Waals surface area contributed by atoms with Gasteiger partial charge in [0, 0.05) is 19.1 Å². The second-order valence-corrected chi connectivity index (χ2v) is 5.45. The first kappa shape index (κ1) is 11.1. The summed E-state index contributed by atoms with van der Waals surface area (Å²) in [5.41, 5.74) is 1.29. The zero-order valence-corrected chi connectivity index (χ0v) is 10.6. The molecule has 0 bridgehead atoms.